The number of halogens is 3. The second-order valence-corrected chi connectivity index (χ2v) is 10.2. The van der Waals surface area contributed by atoms with Crippen molar-refractivity contribution in [1.82, 2.24) is 4.98 Å². The van der Waals surface area contributed by atoms with Crippen LogP contribution in [0.15, 0.2) is 28.6 Å². The van der Waals surface area contributed by atoms with E-state index in [1.807, 2.05) is 0 Å². The zero-order valence-electron chi connectivity index (χ0n) is 15.7. The third-order valence-corrected chi connectivity index (χ3v) is 7.36. The lowest BCUT2D eigenvalue weighted by atomic mass is 9.93. The molecular formula is C18H18F3N3O4S2. The summed E-state index contributed by atoms with van der Waals surface area (Å²) >= 11 is 0.729. The number of ketones is 1. The SMILES string of the molecule is CS(=O)(=O)c1cnc(NC(=O)Nc2ccc(C(F)(F)F)cc2C(=O)C2CCCC2)s1. The van der Waals surface area contributed by atoms with Crippen molar-refractivity contribution in [3.05, 3.63) is 35.5 Å². The largest absolute Gasteiger partial charge is 0.416 e. The van der Waals surface area contributed by atoms with Gasteiger partial charge in [0.25, 0.3) is 0 Å². The summed E-state index contributed by atoms with van der Waals surface area (Å²) in [5.74, 6) is -0.823. The van der Waals surface area contributed by atoms with Gasteiger partial charge < -0.3 is 5.32 Å². The Bertz CT molecular complexity index is 1070. The number of benzene rings is 1. The number of hydrogen-bond donors (Lipinski definition) is 2. The number of anilines is 2. The molecule has 0 saturated heterocycles. The van der Waals surface area contributed by atoms with Crippen LogP contribution in [0.25, 0.3) is 0 Å². The number of Topliss-reactive ketones (excluding diaryl/α,β-unsaturated/α-hetero) is 1. The average Bonchev–Trinajstić information content (AvgIpc) is 3.32. The maximum absolute atomic E-state index is 13.1. The number of carbonyl (C=O) groups excluding carboxylic acids is 2. The normalized spacial score (nSPS) is 15.2. The summed E-state index contributed by atoms with van der Waals surface area (Å²) in [7, 11) is -3.49. The molecule has 1 aromatic carbocycles. The minimum Gasteiger partial charge on any atom is -0.307 e. The van der Waals surface area contributed by atoms with Crippen molar-refractivity contribution >= 4 is 43.8 Å². The molecule has 2 aromatic rings. The summed E-state index contributed by atoms with van der Waals surface area (Å²) in [5.41, 5.74) is -1.24. The predicted molar refractivity (Wildman–Crippen MR) is 106 cm³/mol. The van der Waals surface area contributed by atoms with E-state index in [1.54, 1.807) is 0 Å². The van der Waals surface area contributed by atoms with Gasteiger partial charge in [0.05, 0.1) is 17.4 Å². The minimum absolute atomic E-state index is 0.0106. The number of rotatable bonds is 5. The first kappa shape index (κ1) is 22.2. The van der Waals surface area contributed by atoms with Gasteiger partial charge in [0, 0.05) is 17.7 Å². The molecule has 3 rings (SSSR count). The van der Waals surface area contributed by atoms with Crippen molar-refractivity contribution in [2.24, 2.45) is 5.92 Å². The van der Waals surface area contributed by atoms with E-state index in [0.717, 1.165) is 54.8 Å². The number of nitrogens with zero attached hydrogens (tertiary/aromatic N) is 1. The van der Waals surface area contributed by atoms with Gasteiger partial charge in [0.1, 0.15) is 4.21 Å². The molecule has 0 atom stereocenters. The summed E-state index contributed by atoms with van der Waals surface area (Å²) < 4.78 is 62.3. The van der Waals surface area contributed by atoms with Gasteiger partial charge >= 0.3 is 12.2 Å². The zero-order valence-corrected chi connectivity index (χ0v) is 17.4. The third-order valence-electron chi connectivity index (χ3n) is 4.66. The number of hydrogen-bond acceptors (Lipinski definition) is 6. The second-order valence-electron chi connectivity index (χ2n) is 6.94. The summed E-state index contributed by atoms with van der Waals surface area (Å²) in [6.45, 7) is 0. The topological polar surface area (TPSA) is 105 Å². The number of thiazole rings is 1. The molecule has 1 aromatic heterocycles. The van der Waals surface area contributed by atoms with Gasteiger partial charge in [-0.15, -0.1) is 0 Å². The monoisotopic (exact) mass is 461 g/mol. The maximum atomic E-state index is 13.1. The fourth-order valence-corrected chi connectivity index (χ4v) is 4.81. The van der Waals surface area contributed by atoms with Crippen molar-refractivity contribution in [3.8, 4) is 0 Å². The predicted octanol–water partition coefficient (Wildman–Crippen LogP) is 4.58. The van der Waals surface area contributed by atoms with Crippen LogP contribution in [0.4, 0.5) is 28.8 Å². The number of sulfone groups is 1. The van der Waals surface area contributed by atoms with Gasteiger partial charge in [0.15, 0.2) is 20.8 Å². The van der Waals surface area contributed by atoms with Crippen LogP contribution in [-0.4, -0.2) is 31.5 Å². The molecular weight excluding hydrogens is 443 g/mol. The lowest BCUT2D eigenvalue weighted by molar-refractivity contribution is -0.137. The molecule has 12 heteroatoms. The van der Waals surface area contributed by atoms with Crippen LogP contribution in [-0.2, 0) is 16.0 Å². The number of amides is 2. The molecule has 1 saturated carbocycles. The van der Waals surface area contributed by atoms with Crippen LogP contribution in [0.3, 0.4) is 0 Å². The Morgan fingerprint density at radius 1 is 1.17 bits per heavy atom. The first-order chi connectivity index (χ1) is 13.9. The van der Waals surface area contributed by atoms with Crippen molar-refractivity contribution in [2.75, 3.05) is 16.9 Å². The molecule has 0 unspecified atom stereocenters. The first-order valence-electron chi connectivity index (χ1n) is 8.94. The second kappa shape index (κ2) is 8.34. The van der Waals surface area contributed by atoms with Crippen molar-refractivity contribution in [2.45, 2.75) is 36.1 Å². The zero-order chi connectivity index (χ0) is 22.1. The molecule has 2 amide bonds. The Labute approximate surface area is 174 Å². The quantitative estimate of drug-likeness (QED) is 0.634. The van der Waals surface area contributed by atoms with Crippen LogP contribution >= 0.6 is 11.3 Å². The summed E-state index contributed by atoms with van der Waals surface area (Å²) in [5, 5.41) is 4.68. The van der Waals surface area contributed by atoms with E-state index < -0.39 is 33.4 Å². The molecule has 7 nitrogen and oxygen atoms in total. The van der Waals surface area contributed by atoms with Crippen LogP contribution in [0.5, 0.6) is 0 Å². The molecule has 1 aliphatic rings. The smallest absolute Gasteiger partial charge is 0.307 e. The summed E-state index contributed by atoms with van der Waals surface area (Å²) in [6, 6.07) is 1.71. The molecule has 1 aliphatic carbocycles. The highest BCUT2D eigenvalue weighted by Gasteiger charge is 2.33. The van der Waals surface area contributed by atoms with Gasteiger partial charge in [-0.3, -0.25) is 10.1 Å². The van der Waals surface area contributed by atoms with E-state index in [2.05, 4.69) is 15.6 Å². The van der Waals surface area contributed by atoms with Gasteiger partial charge in [0.2, 0.25) is 0 Å². The summed E-state index contributed by atoms with van der Waals surface area (Å²) in [6.07, 6.45) is 0.281. The van der Waals surface area contributed by atoms with Gasteiger partial charge in [-0.2, -0.15) is 13.2 Å². The minimum atomic E-state index is -4.63. The molecule has 0 bridgehead atoms. The number of aromatic nitrogens is 1. The number of carbonyl (C=O) groups is 2. The first-order valence-corrected chi connectivity index (χ1v) is 11.7. The highest BCUT2D eigenvalue weighted by atomic mass is 32.2. The Balaban J connectivity index is 1.84. The Morgan fingerprint density at radius 2 is 1.83 bits per heavy atom. The van der Waals surface area contributed by atoms with Crippen LogP contribution in [0, 0.1) is 5.92 Å². The van der Waals surface area contributed by atoms with Gasteiger partial charge in [-0.1, -0.05) is 24.2 Å². The fourth-order valence-electron chi connectivity index (χ4n) is 3.18. The van der Waals surface area contributed by atoms with Crippen LogP contribution in [0.1, 0.15) is 41.6 Å². The van der Waals surface area contributed by atoms with Crippen molar-refractivity contribution < 1.29 is 31.2 Å². The van der Waals surface area contributed by atoms with Crippen molar-refractivity contribution in [1.29, 1.82) is 0 Å². The van der Waals surface area contributed by atoms with E-state index in [9.17, 15) is 31.2 Å². The highest BCUT2D eigenvalue weighted by Crippen LogP contribution is 2.35. The molecule has 0 radical (unpaired) electrons. The molecule has 2 N–H and O–H groups in total. The number of urea groups is 1. The Kier molecular flexibility index (Phi) is 6.18. The molecule has 0 aliphatic heterocycles. The molecule has 0 spiro atoms. The van der Waals surface area contributed by atoms with E-state index in [0.29, 0.717) is 12.8 Å². The lowest BCUT2D eigenvalue weighted by Crippen LogP contribution is -2.22. The summed E-state index contributed by atoms with van der Waals surface area (Å²) in [4.78, 5) is 28.8. The van der Waals surface area contributed by atoms with Crippen LogP contribution in [0.2, 0.25) is 0 Å². The fraction of sp³-hybridized carbons (Fsp3) is 0.389. The lowest BCUT2D eigenvalue weighted by Gasteiger charge is -2.16. The number of nitrogens with one attached hydrogen (secondary N) is 2. The van der Waals surface area contributed by atoms with E-state index in [-0.39, 0.29) is 26.5 Å². The average molecular weight is 461 g/mol. The molecule has 1 heterocycles. The Morgan fingerprint density at radius 3 is 2.40 bits per heavy atom. The van der Waals surface area contributed by atoms with E-state index in [4.69, 9.17) is 0 Å². The van der Waals surface area contributed by atoms with E-state index >= 15 is 0 Å². The van der Waals surface area contributed by atoms with Crippen molar-refractivity contribution in [3.63, 3.8) is 0 Å². The third kappa shape index (κ3) is 5.17. The van der Waals surface area contributed by atoms with E-state index in [1.165, 1.54) is 0 Å². The number of alkyl halides is 3. The van der Waals surface area contributed by atoms with Gasteiger partial charge in [-0.25, -0.2) is 18.2 Å². The maximum Gasteiger partial charge on any atom is 0.416 e. The molecule has 162 valence electrons. The van der Waals surface area contributed by atoms with Gasteiger partial charge in [-0.05, 0) is 31.0 Å². The van der Waals surface area contributed by atoms with Crippen LogP contribution < -0.4 is 10.6 Å². The highest BCUT2D eigenvalue weighted by molar-refractivity contribution is 7.92. The molecule has 1 fully saturated rings. The molecule has 30 heavy (non-hydrogen) atoms. The Hall–Kier alpha value is -2.47. The standard InChI is InChI=1S/C18H18F3N3O4S2/c1-30(27,28)14-9-22-17(29-14)24-16(26)23-13-7-6-11(18(19,20)21)8-12(13)15(25)10-4-2-3-5-10/h6-10H,2-5H2,1H3,(H2,22,23,24,26).